The first-order chi connectivity index (χ1) is 15.5. The fourth-order valence-electron chi connectivity index (χ4n) is 3.38. The van der Waals surface area contributed by atoms with Gasteiger partial charge in [0.1, 0.15) is 22.8 Å². The zero-order valence-electron chi connectivity index (χ0n) is 17.9. The van der Waals surface area contributed by atoms with Crippen molar-refractivity contribution in [3.63, 3.8) is 0 Å². The second-order valence-electron chi connectivity index (χ2n) is 7.04. The number of rotatable bonds is 9. The average Bonchev–Trinajstić information content (AvgIpc) is 3.16. The maximum atomic E-state index is 12.8. The van der Waals surface area contributed by atoms with Gasteiger partial charge in [0.05, 0.1) is 31.7 Å². The van der Waals surface area contributed by atoms with Crippen LogP contribution in [0.5, 0.6) is 11.5 Å². The molecule has 0 unspecified atom stereocenters. The lowest BCUT2D eigenvalue weighted by Crippen LogP contribution is -2.25. The molecule has 9 heteroatoms. The Morgan fingerprint density at radius 1 is 1.03 bits per heavy atom. The van der Waals surface area contributed by atoms with Crippen molar-refractivity contribution in [3.05, 3.63) is 78.2 Å². The summed E-state index contributed by atoms with van der Waals surface area (Å²) in [7, 11) is -2.11. The van der Waals surface area contributed by atoms with Crippen molar-refractivity contribution < 1.29 is 17.9 Å². The lowest BCUT2D eigenvalue weighted by atomic mass is 10.2. The Labute approximate surface area is 186 Å². The number of hydrogen-bond acceptors (Lipinski definition) is 6. The highest BCUT2D eigenvalue weighted by Crippen LogP contribution is 2.20. The number of benzene rings is 2. The lowest BCUT2D eigenvalue weighted by Gasteiger charge is -2.11. The molecule has 0 aliphatic carbocycles. The van der Waals surface area contributed by atoms with Gasteiger partial charge < -0.3 is 14.0 Å². The maximum absolute atomic E-state index is 12.8. The molecular weight excluding hydrogens is 428 g/mol. The first-order valence-electron chi connectivity index (χ1n) is 10.2. The Morgan fingerprint density at radius 2 is 1.84 bits per heavy atom. The minimum atomic E-state index is -3.73. The summed E-state index contributed by atoms with van der Waals surface area (Å²) in [5, 5.41) is 0. The maximum Gasteiger partial charge on any atom is 0.240 e. The van der Waals surface area contributed by atoms with Crippen LogP contribution in [-0.4, -0.2) is 36.7 Å². The van der Waals surface area contributed by atoms with Crippen LogP contribution in [0, 0.1) is 0 Å². The molecule has 0 radical (unpaired) electrons. The number of hydrogen-bond donors (Lipinski definition) is 1. The van der Waals surface area contributed by atoms with Crippen LogP contribution in [0.25, 0.3) is 11.2 Å². The summed E-state index contributed by atoms with van der Waals surface area (Å²) >= 11 is 0. The summed E-state index contributed by atoms with van der Waals surface area (Å²) in [5.41, 5.74) is 2.38. The minimum absolute atomic E-state index is 0.0237. The van der Waals surface area contributed by atoms with Gasteiger partial charge in [-0.3, -0.25) is 0 Å². The van der Waals surface area contributed by atoms with E-state index in [-0.39, 0.29) is 11.4 Å². The number of nitrogens with zero attached hydrogens (tertiary/aromatic N) is 3. The van der Waals surface area contributed by atoms with Crippen molar-refractivity contribution in [1.82, 2.24) is 19.3 Å². The van der Waals surface area contributed by atoms with Crippen LogP contribution in [0.15, 0.2) is 71.8 Å². The van der Waals surface area contributed by atoms with Gasteiger partial charge in [0.25, 0.3) is 0 Å². The molecule has 0 spiro atoms. The Hall–Kier alpha value is -3.43. The number of methoxy groups -OCH3 is 1. The molecule has 1 N–H and O–H groups in total. The summed E-state index contributed by atoms with van der Waals surface area (Å²) in [6.07, 6.45) is 1.69. The predicted octanol–water partition coefficient (Wildman–Crippen LogP) is 3.37. The van der Waals surface area contributed by atoms with E-state index in [0.717, 1.165) is 11.3 Å². The summed E-state index contributed by atoms with van der Waals surface area (Å²) in [6, 6.07) is 17.7. The van der Waals surface area contributed by atoms with Crippen LogP contribution in [0.2, 0.25) is 0 Å². The van der Waals surface area contributed by atoms with Gasteiger partial charge in [-0.2, -0.15) is 0 Å². The van der Waals surface area contributed by atoms with E-state index < -0.39 is 10.0 Å². The monoisotopic (exact) mass is 452 g/mol. The van der Waals surface area contributed by atoms with Crippen LogP contribution >= 0.6 is 0 Å². The van der Waals surface area contributed by atoms with Crippen molar-refractivity contribution in [2.24, 2.45) is 0 Å². The van der Waals surface area contributed by atoms with E-state index in [2.05, 4.69) is 14.7 Å². The molecule has 0 amide bonds. The first kappa shape index (κ1) is 21.8. The number of imidazole rings is 1. The van der Waals surface area contributed by atoms with Crippen LogP contribution in [0.1, 0.15) is 18.3 Å². The molecule has 0 aliphatic heterocycles. The number of aromatic nitrogens is 3. The highest BCUT2D eigenvalue weighted by atomic mass is 32.2. The van der Waals surface area contributed by atoms with Crippen molar-refractivity contribution in [2.75, 3.05) is 13.7 Å². The molecular formula is C23H24N4O4S. The van der Waals surface area contributed by atoms with Gasteiger partial charge in [0, 0.05) is 6.20 Å². The minimum Gasteiger partial charge on any atom is -0.497 e. The summed E-state index contributed by atoms with van der Waals surface area (Å²) in [4.78, 5) is 9.22. The normalized spacial score (nSPS) is 11.6. The molecule has 2 aromatic carbocycles. The van der Waals surface area contributed by atoms with E-state index >= 15 is 0 Å². The van der Waals surface area contributed by atoms with E-state index in [1.165, 1.54) is 12.1 Å². The Bertz CT molecular complexity index is 1320. The second-order valence-corrected chi connectivity index (χ2v) is 8.81. The standard InChI is InChI=1S/C23H24N4O4S/c1-3-31-18-9-11-20(12-10-18)32(28,29)25-15-22-26-21-8-5-13-24-23(21)27(22)16-17-6-4-7-19(14-17)30-2/h4-14,25H,3,15-16H2,1-2H3. The van der Waals surface area contributed by atoms with E-state index in [9.17, 15) is 8.42 Å². The zero-order chi connectivity index (χ0) is 22.6. The molecule has 2 aromatic heterocycles. The van der Waals surface area contributed by atoms with Crippen LogP contribution in [0.4, 0.5) is 0 Å². The number of ether oxygens (including phenoxy) is 2. The van der Waals surface area contributed by atoms with Gasteiger partial charge >= 0.3 is 0 Å². The number of sulfonamides is 1. The van der Waals surface area contributed by atoms with E-state index in [0.29, 0.717) is 35.9 Å². The third-order valence-corrected chi connectivity index (χ3v) is 6.34. The number of fused-ring (bicyclic) bond motifs is 1. The molecule has 0 bridgehead atoms. The molecule has 0 fully saturated rings. The smallest absolute Gasteiger partial charge is 0.240 e. The van der Waals surface area contributed by atoms with Crippen molar-refractivity contribution in [2.45, 2.75) is 24.9 Å². The number of nitrogens with one attached hydrogen (secondary N) is 1. The van der Waals surface area contributed by atoms with Gasteiger partial charge in [-0.05, 0) is 61.0 Å². The van der Waals surface area contributed by atoms with E-state index in [1.807, 2.05) is 41.8 Å². The predicted molar refractivity (Wildman–Crippen MR) is 121 cm³/mol. The molecule has 0 saturated heterocycles. The summed E-state index contributed by atoms with van der Waals surface area (Å²) < 4.78 is 40.9. The molecule has 166 valence electrons. The van der Waals surface area contributed by atoms with Crippen LogP contribution < -0.4 is 14.2 Å². The van der Waals surface area contributed by atoms with E-state index in [1.54, 1.807) is 31.5 Å². The van der Waals surface area contributed by atoms with Crippen molar-refractivity contribution in [1.29, 1.82) is 0 Å². The molecule has 0 atom stereocenters. The third kappa shape index (κ3) is 4.74. The van der Waals surface area contributed by atoms with Crippen molar-refractivity contribution >= 4 is 21.2 Å². The topological polar surface area (TPSA) is 95.3 Å². The largest absolute Gasteiger partial charge is 0.497 e. The quantitative estimate of drug-likeness (QED) is 0.418. The van der Waals surface area contributed by atoms with Crippen LogP contribution in [-0.2, 0) is 23.1 Å². The summed E-state index contributed by atoms with van der Waals surface area (Å²) in [5.74, 6) is 1.94. The Kier molecular flexibility index (Phi) is 6.38. The molecule has 2 heterocycles. The van der Waals surface area contributed by atoms with Crippen molar-refractivity contribution in [3.8, 4) is 11.5 Å². The average molecular weight is 453 g/mol. The molecule has 32 heavy (non-hydrogen) atoms. The Balaban J connectivity index is 1.60. The molecule has 4 rings (SSSR count). The lowest BCUT2D eigenvalue weighted by molar-refractivity contribution is 0.340. The zero-order valence-corrected chi connectivity index (χ0v) is 18.7. The van der Waals surface area contributed by atoms with E-state index in [4.69, 9.17) is 9.47 Å². The van der Waals surface area contributed by atoms with Gasteiger partial charge in [0.2, 0.25) is 10.0 Å². The molecule has 4 aromatic rings. The first-order valence-corrected chi connectivity index (χ1v) is 11.6. The fourth-order valence-corrected chi connectivity index (χ4v) is 4.36. The molecule has 8 nitrogen and oxygen atoms in total. The van der Waals surface area contributed by atoms with Gasteiger partial charge in [-0.1, -0.05) is 12.1 Å². The van der Waals surface area contributed by atoms with Crippen LogP contribution in [0.3, 0.4) is 0 Å². The van der Waals surface area contributed by atoms with Gasteiger partial charge in [-0.15, -0.1) is 0 Å². The highest BCUT2D eigenvalue weighted by molar-refractivity contribution is 7.89. The third-order valence-electron chi connectivity index (χ3n) is 4.92. The highest BCUT2D eigenvalue weighted by Gasteiger charge is 2.18. The SMILES string of the molecule is CCOc1ccc(S(=O)(=O)NCc2nc3cccnc3n2Cc2cccc(OC)c2)cc1. The van der Waals surface area contributed by atoms with Gasteiger partial charge in [-0.25, -0.2) is 23.1 Å². The Morgan fingerprint density at radius 3 is 2.59 bits per heavy atom. The second kappa shape index (κ2) is 9.37. The number of pyridine rings is 1. The summed E-state index contributed by atoms with van der Waals surface area (Å²) in [6.45, 7) is 2.89. The fraction of sp³-hybridized carbons (Fsp3) is 0.217. The van der Waals surface area contributed by atoms with Gasteiger partial charge in [0.15, 0.2) is 5.65 Å². The molecule has 0 saturated carbocycles. The molecule has 0 aliphatic rings.